The van der Waals surface area contributed by atoms with Gasteiger partial charge in [0.15, 0.2) is 0 Å². The SMILES string of the molecule is CC1(C)c2ccccc2C2=c3c(n(-c4ccc(C5=NC(c6ccccc6)[N-]C(C6C=CC=CC6)N5)cc4)c4ccccc34)=CCC21. The highest BCUT2D eigenvalue weighted by molar-refractivity contribution is 6.00. The molecule has 1 aliphatic heterocycles. The van der Waals surface area contributed by atoms with E-state index < -0.39 is 0 Å². The fraction of sp³-hybridized carbons (Fsp3) is 0.214. The molecule has 0 radical (unpaired) electrons. The van der Waals surface area contributed by atoms with Crippen molar-refractivity contribution in [2.75, 3.05) is 0 Å². The van der Waals surface area contributed by atoms with Crippen LogP contribution in [0.5, 0.6) is 0 Å². The fourth-order valence-corrected chi connectivity index (χ4v) is 8.27. The van der Waals surface area contributed by atoms with Gasteiger partial charge in [-0.15, -0.1) is 0 Å². The maximum absolute atomic E-state index is 5.15. The Morgan fingerprint density at radius 1 is 0.826 bits per heavy atom. The molecule has 9 rings (SSSR count). The van der Waals surface area contributed by atoms with Crippen LogP contribution in [0.3, 0.4) is 0 Å². The van der Waals surface area contributed by atoms with Crippen LogP contribution in [0.1, 0.15) is 55.1 Å². The highest BCUT2D eigenvalue weighted by Crippen LogP contribution is 2.51. The molecule has 4 atom stereocenters. The van der Waals surface area contributed by atoms with Gasteiger partial charge in [0, 0.05) is 21.9 Å². The molecule has 1 aromatic heterocycles. The minimum atomic E-state index is -0.236. The number of hydrogen-bond donors (Lipinski definition) is 1. The molecule has 1 N–H and O–H groups in total. The van der Waals surface area contributed by atoms with E-state index >= 15 is 0 Å². The summed E-state index contributed by atoms with van der Waals surface area (Å²) in [5.74, 6) is 1.67. The maximum atomic E-state index is 5.15. The summed E-state index contributed by atoms with van der Waals surface area (Å²) < 4.78 is 2.46. The van der Waals surface area contributed by atoms with Crippen molar-refractivity contribution < 1.29 is 0 Å². The third-order valence-corrected chi connectivity index (χ3v) is 10.6. The quantitative estimate of drug-likeness (QED) is 0.226. The Kier molecular flexibility index (Phi) is 6.29. The van der Waals surface area contributed by atoms with Crippen molar-refractivity contribution in [1.82, 2.24) is 9.88 Å². The topological polar surface area (TPSA) is 43.4 Å². The van der Waals surface area contributed by atoms with Crippen LogP contribution >= 0.6 is 0 Å². The second-order valence-electron chi connectivity index (χ2n) is 13.5. The summed E-state index contributed by atoms with van der Waals surface area (Å²) in [6.07, 6.45) is 13.0. The Balaban J connectivity index is 1.16. The Morgan fingerprint density at radius 2 is 1.61 bits per heavy atom. The van der Waals surface area contributed by atoms with E-state index in [4.69, 9.17) is 10.3 Å². The third-order valence-electron chi connectivity index (χ3n) is 10.6. The summed E-state index contributed by atoms with van der Waals surface area (Å²) in [6.45, 7) is 4.84. The molecule has 4 aromatic carbocycles. The van der Waals surface area contributed by atoms with E-state index in [0.717, 1.165) is 29.8 Å². The maximum Gasteiger partial charge on any atom is 0.125 e. The van der Waals surface area contributed by atoms with Crippen molar-refractivity contribution in [2.45, 2.75) is 44.4 Å². The molecule has 5 aromatic rings. The van der Waals surface area contributed by atoms with Gasteiger partial charge < -0.3 is 15.2 Å². The van der Waals surface area contributed by atoms with Gasteiger partial charge in [0.05, 0.1) is 10.9 Å². The average molecular weight is 598 g/mol. The Labute approximate surface area is 270 Å². The minimum absolute atomic E-state index is 0.0443. The van der Waals surface area contributed by atoms with Crippen LogP contribution in [0.2, 0.25) is 0 Å². The molecule has 0 bridgehead atoms. The minimum Gasteiger partial charge on any atom is -0.616 e. The van der Waals surface area contributed by atoms with Crippen molar-refractivity contribution in [3.05, 3.63) is 166 Å². The lowest BCUT2D eigenvalue weighted by molar-refractivity contribution is 0.419. The predicted octanol–water partition coefficient (Wildman–Crippen LogP) is 7.80. The van der Waals surface area contributed by atoms with Gasteiger partial charge in [-0.2, -0.15) is 0 Å². The van der Waals surface area contributed by atoms with E-state index in [9.17, 15) is 0 Å². The molecule has 226 valence electrons. The van der Waals surface area contributed by atoms with E-state index in [2.05, 4.69) is 151 Å². The van der Waals surface area contributed by atoms with Crippen molar-refractivity contribution in [2.24, 2.45) is 16.8 Å². The summed E-state index contributed by atoms with van der Waals surface area (Å²) in [6, 6.07) is 37.4. The normalized spacial score (nSPS) is 24.0. The second kappa shape index (κ2) is 10.6. The van der Waals surface area contributed by atoms with Crippen LogP contribution in [-0.2, 0) is 5.41 Å². The van der Waals surface area contributed by atoms with E-state index in [1.54, 1.807) is 0 Å². The molecular formula is C42H37N4-. The molecule has 3 aliphatic carbocycles. The summed E-state index contributed by atoms with van der Waals surface area (Å²) in [5, 5.41) is 12.9. The molecule has 4 aliphatic rings. The number of rotatable bonds is 4. The van der Waals surface area contributed by atoms with Gasteiger partial charge in [-0.05, 0) is 88.9 Å². The molecule has 4 nitrogen and oxygen atoms in total. The first kappa shape index (κ1) is 27.4. The highest BCUT2D eigenvalue weighted by Gasteiger charge is 2.43. The lowest BCUT2D eigenvalue weighted by atomic mass is 9.74. The van der Waals surface area contributed by atoms with Crippen LogP contribution in [0, 0.1) is 11.8 Å². The predicted molar refractivity (Wildman–Crippen MR) is 189 cm³/mol. The van der Waals surface area contributed by atoms with Gasteiger partial charge in [-0.25, -0.2) is 0 Å². The molecule has 0 amide bonds. The molecule has 0 saturated heterocycles. The average Bonchev–Trinajstić information content (AvgIpc) is 3.58. The summed E-state index contributed by atoms with van der Waals surface area (Å²) in [7, 11) is 0. The lowest BCUT2D eigenvalue weighted by Gasteiger charge is -2.47. The van der Waals surface area contributed by atoms with Gasteiger partial charge in [0.1, 0.15) is 5.84 Å². The number of aliphatic imine (C=N–C) groups is 1. The first-order valence-electron chi connectivity index (χ1n) is 16.5. The fourth-order valence-electron chi connectivity index (χ4n) is 8.27. The van der Waals surface area contributed by atoms with E-state index in [1.165, 1.54) is 43.9 Å². The van der Waals surface area contributed by atoms with Gasteiger partial charge in [0.2, 0.25) is 0 Å². The number of hydrogen-bond acceptors (Lipinski definition) is 2. The summed E-state index contributed by atoms with van der Waals surface area (Å²) in [5.41, 5.74) is 9.12. The monoisotopic (exact) mass is 597 g/mol. The zero-order valence-corrected chi connectivity index (χ0v) is 26.3. The lowest BCUT2D eigenvalue weighted by Crippen LogP contribution is -2.43. The molecule has 0 saturated carbocycles. The largest absolute Gasteiger partial charge is 0.616 e. The molecule has 0 fully saturated rings. The third kappa shape index (κ3) is 4.20. The number of aromatic nitrogens is 1. The number of nitrogens with one attached hydrogen (secondary N) is 1. The van der Waals surface area contributed by atoms with Crippen molar-refractivity contribution >= 4 is 28.4 Å². The first-order chi connectivity index (χ1) is 22.6. The van der Waals surface area contributed by atoms with E-state index in [-0.39, 0.29) is 17.7 Å². The Bertz CT molecular complexity index is 2200. The van der Waals surface area contributed by atoms with E-state index in [0.29, 0.717) is 11.8 Å². The number of fused-ring (bicyclic) bond motifs is 6. The summed E-state index contributed by atoms with van der Waals surface area (Å²) in [4.78, 5) is 5.13. The van der Waals surface area contributed by atoms with Crippen molar-refractivity contribution in [3.63, 3.8) is 0 Å². The molecule has 4 heteroatoms. The number of allylic oxidation sites excluding steroid dienone is 3. The van der Waals surface area contributed by atoms with Crippen LogP contribution in [0.15, 0.2) is 132 Å². The number of benzene rings is 4. The molecule has 2 heterocycles. The van der Waals surface area contributed by atoms with Gasteiger partial charge in [0.25, 0.3) is 0 Å². The van der Waals surface area contributed by atoms with Gasteiger partial charge in [-0.1, -0.05) is 123 Å². The number of para-hydroxylation sites is 1. The molecule has 0 spiro atoms. The van der Waals surface area contributed by atoms with E-state index in [1.807, 2.05) is 6.07 Å². The van der Waals surface area contributed by atoms with Crippen LogP contribution in [-0.4, -0.2) is 16.6 Å². The zero-order chi connectivity index (χ0) is 30.8. The smallest absolute Gasteiger partial charge is 0.125 e. The number of amidine groups is 1. The second-order valence-corrected chi connectivity index (χ2v) is 13.5. The first-order valence-corrected chi connectivity index (χ1v) is 16.5. The summed E-state index contributed by atoms with van der Waals surface area (Å²) >= 11 is 0. The standard InChI is InChI=1S/C42H37N4/c1-42(2)33-19-11-9-17-31(33)37-34(42)25-26-36-38(37)32-18-10-12-20-35(32)46(36)30-23-21-29(22-24-30)41-44-39(27-13-5-3-6-14-27)43-40(45-41)28-15-7-4-8-16-28/h3-15,17-24,26,28,34,39-40H,16,25H2,1-2H3,(H,44,45)/q-1. The zero-order valence-electron chi connectivity index (χ0n) is 26.3. The molecular weight excluding hydrogens is 560 g/mol. The molecule has 4 unspecified atom stereocenters. The van der Waals surface area contributed by atoms with Crippen molar-refractivity contribution in [3.8, 4) is 5.69 Å². The van der Waals surface area contributed by atoms with Gasteiger partial charge in [-0.3, -0.25) is 4.99 Å². The van der Waals surface area contributed by atoms with Crippen LogP contribution < -0.4 is 15.9 Å². The van der Waals surface area contributed by atoms with Crippen LogP contribution in [0.4, 0.5) is 0 Å². The molecule has 46 heavy (non-hydrogen) atoms. The Hall–Kier alpha value is -4.93. The highest BCUT2D eigenvalue weighted by atomic mass is 15.3. The van der Waals surface area contributed by atoms with Crippen molar-refractivity contribution in [1.29, 1.82) is 0 Å². The van der Waals surface area contributed by atoms with Crippen LogP contribution in [0.25, 0.3) is 33.6 Å². The van der Waals surface area contributed by atoms with Gasteiger partial charge >= 0.3 is 0 Å². The number of nitrogens with zero attached hydrogens (tertiary/aromatic N) is 3. The Morgan fingerprint density at radius 3 is 2.43 bits per heavy atom.